The minimum Gasteiger partial charge on any atom is -0.478 e. The Morgan fingerprint density at radius 3 is 2.56 bits per heavy atom. The lowest BCUT2D eigenvalue weighted by Gasteiger charge is -2.14. The molecular weight excluding hydrogens is 312 g/mol. The lowest BCUT2D eigenvalue weighted by molar-refractivity contribution is -0.131. The predicted octanol–water partition coefficient (Wildman–Crippen LogP) is 3.71. The molecule has 0 amide bonds. The Balaban J connectivity index is 1.92. The molecule has 1 aliphatic rings. The van der Waals surface area contributed by atoms with Crippen LogP contribution in [-0.4, -0.2) is 40.6 Å². The molecule has 1 aromatic heterocycles. The van der Waals surface area contributed by atoms with Crippen LogP contribution in [0.1, 0.15) is 29.8 Å². The molecular formula is C21H22N2O2. The second-order valence-electron chi connectivity index (χ2n) is 6.11. The Bertz CT molecular complexity index is 775. The molecule has 0 aliphatic carbocycles. The highest BCUT2D eigenvalue weighted by Crippen LogP contribution is 2.23. The molecule has 0 atom stereocenters. The topological polar surface area (TPSA) is 53.4 Å². The summed E-state index contributed by atoms with van der Waals surface area (Å²) in [5.74, 6) is -0.972. The van der Waals surface area contributed by atoms with Crippen molar-refractivity contribution < 1.29 is 9.90 Å². The summed E-state index contributed by atoms with van der Waals surface area (Å²) >= 11 is 0. The molecule has 1 N–H and O–H groups in total. The van der Waals surface area contributed by atoms with Gasteiger partial charge in [-0.05, 0) is 49.7 Å². The van der Waals surface area contributed by atoms with Gasteiger partial charge in [-0.3, -0.25) is 4.90 Å². The number of carboxylic acid groups (broad SMARTS) is 1. The predicted molar refractivity (Wildman–Crippen MR) is 100 cm³/mol. The Morgan fingerprint density at radius 1 is 1.08 bits per heavy atom. The van der Waals surface area contributed by atoms with E-state index in [1.165, 1.54) is 18.9 Å². The summed E-state index contributed by atoms with van der Waals surface area (Å²) in [7, 11) is 0. The van der Waals surface area contributed by atoms with Crippen molar-refractivity contribution in [2.75, 3.05) is 19.6 Å². The van der Waals surface area contributed by atoms with Crippen LogP contribution in [0.5, 0.6) is 0 Å². The van der Waals surface area contributed by atoms with E-state index in [4.69, 9.17) is 5.11 Å². The van der Waals surface area contributed by atoms with Gasteiger partial charge in [-0.2, -0.15) is 0 Å². The molecule has 0 bridgehead atoms. The van der Waals surface area contributed by atoms with Crippen LogP contribution in [0.25, 0.3) is 11.6 Å². The third-order valence-electron chi connectivity index (χ3n) is 4.28. The molecule has 2 aromatic rings. The number of carboxylic acids is 1. The zero-order valence-corrected chi connectivity index (χ0v) is 14.1. The van der Waals surface area contributed by atoms with Gasteiger partial charge in [-0.25, -0.2) is 9.78 Å². The van der Waals surface area contributed by atoms with Gasteiger partial charge in [-0.1, -0.05) is 42.5 Å². The van der Waals surface area contributed by atoms with Crippen LogP contribution in [0.15, 0.2) is 60.7 Å². The molecule has 0 saturated carbocycles. The molecule has 1 aliphatic heterocycles. The molecule has 128 valence electrons. The number of rotatable bonds is 6. The van der Waals surface area contributed by atoms with E-state index in [1.807, 2.05) is 36.4 Å². The molecule has 3 rings (SSSR count). The number of aliphatic carboxylic acids is 1. The standard InChI is InChI=1S/C21H22N2O2/c24-21(25)12-11-18-9-6-10-20(22-18)19(17-7-2-1-3-8-17)13-16-23-14-4-5-15-23/h1-3,6-13H,4-5,14-16H2,(H,24,25)/b12-11+,19-13+. The first kappa shape index (κ1) is 17.1. The van der Waals surface area contributed by atoms with Crippen molar-refractivity contribution in [1.29, 1.82) is 0 Å². The number of nitrogens with zero attached hydrogens (tertiary/aromatic N) is 2. The first-order valence-electron chi connectivity index (χ1n) is 8.59. The maximum Gasteiger partial charge on any atom is 0.328 e. The monoisotopic (exact) mass is 334 g/mol. The van der Waals surface area contributed by atoms with E-state index < -0.39 is 5.97 Å². The van der Waals surface area contributed by atoms with Gasteiger partial charge in [-0.15, -0.1) is 0 Å². The highest BCUT2D eigenvalue weighted by molar-refractivity contribution is 5.85. The largest absolute Gasteiger partial charge is 0.478 e. The highest BCUT2D eigenvalue weighted by atomic mass is 16.4. The molecule has 4 heteroatoms. The van der Waals surface area contributed by atoms with Crippen LogP contribution in [0.3, 0.4) is 0 Å². The van der Waals surface area contributed by atoms with Gasteiger partial charge in [0.15, 0.2) is 0 Å². The van der Waals surface area contributed by atoms with E-state index in [1.54, 1.807) is 0 Å². The Labute approximate surface area is 148 Å². The van der Waals surface area contributed by atoms with E-state index in [2.05, 4.69) is 28.1 Å². The summed E-state index contributed by atoms with van der Waals surface area (Å²) in [6.45, 7) is 3.20. The van der Waals surface area contributed by atoms with Crippen LogP contribution in [0, 0.1) is 0 Å². The number of hydrogen-bond acceptors (Lipinski definition) is 3. The van der Waals surface area contributed by atoms with Gasteiger partial charge in [0.05, 0.1) is 11.4 Å². The van der Waals surface area contributed by atoms with Crippen molar-refractivity contribution in [2.24, 2.45) is 0 Å². The van der Waals surface area contributed by atoms with Crippen molar-refractivity contribution in [2.45, 2.75) is 12.8 Å². The van der Waals surface area contributed by atoms with E-state index in [9.17, 15) is 4.79 Å². The van der Waals surface area contributed by atoms with E-state index in [-0.39, 0.29) is 0 Å². The molecule has 2 heterocycles. The van der Waals surface area contributed by atoms with E-state index in [0.717, 1.165) is 42.5 Å². The second kappa shape index (κ2) is 8.40. The summed E-state index contributed by atoms with van der Waals surface area (Å²) in [6.07, 6.45) is 7.40. The first-order valence-corrected chi connectivity index (χ1v) is 8.59. The summed E-state index contributed by atoms with van der Waals surface area (Å²) in [6, 6.07) is 15.9. The van der Waals surface area contributed by atoms with Crippen LogP contribution in [-0.2, 0) is 4.79 Å². The maximum absolute atomic E-state index is 10.7. The lowest BCUT2D eigenvalue weighted by Crippen LogP contribution is -2.19. The van der Waals surface area contributed by atoms with Crippen molar-refractivity contribution in [1.82, 2.24) is 9.88 Å². The number of carbonyl (C=O) groups is 1. The first-order chi connectivity index (χ1) is 12.2. The highest BCUT2D eigenvalue weighted by Gasteiger charge is 2.12. The van der Waals surface area contributed by atoms with Gasteiger partial charge in [0, 0.05) is 18.2 Å². The number of hydrogen-bond donors (Lipinski definition) is 1. The van der Waals surface area contributed by atoms with E-state index >= 15 is 0 Å². The molecule has 25 heavy (non-hydrogen) atoms. The fourth-order valence-electron chi connectivity index (χ4n) is 3.02. The van der Waals surface area contributed by atoms with Crippen LogP contribution in [0.4, 0.5) is 0 Å². The number of aromatic nitrogens is 1. The summed E-state index contributed by atoms with van der Waals surface area (Å²) < 4.78 is 0. The van der Waals surface area contributed by atoms with Crippen LogP contribution < -0.4 is 0 Å². The Hall–Kier alpha value is -2.72. The molecule has 4 nitrogen and oxygen atoms in total. The zero-order chi connectivity index (χ0) is 17.5. The quantitative estimate of drug-likeness (QED) is 0.818. The van der Waals surface area contributed by atoms with Crippen molar-refractivity contribution in [3.8, 4) is 0 Å². The fraction of sp³-hybridized carbons (Fsp3) is 0.238. The molecule has 0 unspecified atom stereocenters. The van der Waals surface area contributed by atoms with Gasteiger partial charge < -0.3 is 5.11 Å². The third-order valence-corrected chi connectivity index (χ3v) is 4.28. The Morgan fingerprint density at radius 2 is 1.84 bits per heavy atom. The molecule has 1 saturated heterocycles. The second-order valence-corrected chi connectivity index (χ2v) is 6.11. The van der Waals surface area contributed by atoms with Crippen molar-refractivity contribution in [3.63, 3.8) is 0 Å². The van der Waals surface area contributed by atoms with Crippen molar-refractivity contribution in [3.05, 3.63) is 77.6 Å². The van der Waals surface area contributed by atoms with E-state index in [0.29, 0.717) is 5.69 Å². The maximum atomic E-state index is 10.7. The average Bonchev–Trinajstić information content (AvgIpc) is 3.15. The number of pyridine rings is 1. The summed E-state index contributed by atoms with van der Waals surface area (Å²) in [5, 5.41) is 8.81. The molecule has 0 radical (unpaired) electrons. The van der Waals surface area contributed by atoms with Crippen LogP contribution in [0.2, 0.25) is 0 Å². The van der Waals surface area contributed by atoms with Gasteiger partial charge in [0.2, 0.25) is 0 Å². The van der Waals surface area contributed by atoms with Gasteiger partial charge >= 0.3 is 5.97 Å². The average molecular weight is 334 g/mol. The van der Waals surface area contributed by atoms with Crippen LogP contribution >= 0.6 is 0 Å². The number of benzene rings is 1. The Kier molecular flexibility index (Phi) is 5.75. The minimum atomic E-state index is -0.972. The zero-order valence-electron chi connectivity index (χ0n) is 14.1. The number of likely N-dealkylation sites (tertiary alicyclic amines) is 1. The fourth-order valence-corrected chi connectivity index (χ4v) is 3.02. The minimum absolute atomic E-state index is 0.642. The smallest absolute Gasteiger partial charge is 0.328 e. The molecule has 1 fully saturated rings. The summed E-state index contributed by atoms with van der Waals surface area (Å²) in [5.41, 5.74) is 3.70. The summed E-state index contributed by atoms with van der Waals surface area (Å²) in [4.78, 5) is 17.8. The molecule has 1 aromatic carbocycles. The normalized spacial score (nSPS) is 15.8. The van der Waals surface area contributed by atoms with Gasteiger partial charge in [0.25, 0.3) is 0 Å². The lowest BCUT2D eigenvalue weighted by atomic mass is 10.0. The molecule has 0 spiro atoms. The third kappa shape index (κ3) is 4.88. The van der Waals surface area contributed by atoms with Gasteiger partial charge in [0.1, 0.15) is 0 Å². The SMILES string of the molecule is O=C(O)/C=C/c1cccc(/C(=C/CN2CCCC2)c2ccccc2)n1. The van der Waals surface area contributed by atoms with Crippen molar-refractivity contribution >= 4 is 17.6 Å².